The molecule has 0 amide bonds. The van der Waals surface area contributed by atoms with Crippen LogP contribution in [0.25, 0.3) is 0 Å². The van der Waals surface area contributed by atoms with Crippen LogP contribution >= 0.6 is 0 Å². The topological polar surface area (TPSA) is 58.3 Å². The molecule has 3 nitrogen and oxygen atoms in total. The van der Waals surface area contributed by atoms with Gasteiger partial charge in [0.2, 0.25) is 0 Å². The van der Waals surface area contributed by atoms with Crippen LogP contribution < -0.4 is 11.1 Å². The van der Waals surface area contributed by atoms with Crippen LogP contribution in [0.5, 0.6) is 0 Å². The second-order valence-electron chi connectivity index (χ2n) is 5.20. The van der Waals surface area contributed by atoms with Crippen LogP contribution in [0.2, 0.25) is 0 Å². The van der Waals surface area contributed by atoms with Gasteiger partial charge in [-0.2, -0.15) is 0 Å². The molecule has 0 bridgehead atoms. The average Bonchev–Trinajstić information content (AvgIpc) is 2.03. The first-order chi connectivity index (χ1) is 5.86. The zero-order valence-electron chi connectivity index (χ0n) is 8.93. The van der Waals surface area contributed by atoms with Gasteiger partial charge >= 0.3 is 0 Å². The molecule has 1 saturated heterocycles. The van der Waals surface area contributed by atoms with Crippen molar-refractivity contribution in [2.24, 2.45) is 11.1 Å². The number of piperidine rings is 1. The fourth-order valence-corrected chi connectivity index (χ4v) is 1.98. The summed E-state index contributed by atoms with van der Waals surface area (Å²) >= 11 is 0. The summed E-state index contributed by atoms with van der Waals surface area (Å²) < 4.78 is 0. The molecule has 4 N–H and O–H groups in total. The molecule has 78 valence electrons. The Morgan fingerprint density at radius 1 is 1.31 bits per heavy atom. The zero-order chi connectivity index (χ0) is 10.1. The van der Waals surface area contributed by atoms with Crippen LogP contribution in [-0.2, 0) is 0 Å². The quantitative estimate of drug-likeness (QED) is 0.558. The highest BCUT2D eigenvalue weighted by atomic mass is 16.3. The third-order valence-electron chi connectivity index (χ3n) is 2.98. The summed E-state index contributed by atoms with van der Waals surface area (Å²) in [4.78, 5) is 0. The first kappa shape index (κ1) is 11.0. The smallest absolute Gasteiger partial charge is 0.0827 e. The highest BCUT2D eigenvalue weighted by Gasteiger charge is 2.41. The van der Waals surface area contributed by atoms with Gasteiger partial charge in [-0.1, -0.05) is 20.8 Å². The Hall–Kier alpha value is -0.120. The summed E-state index contributed by atoms with van der Waals surface area (Å²) in [5, 5.41) is 13.5. The normalized spacial score (nSPS) is 25.6. The van der Waals surface area contributed by atoms with Gasteiger partial charge in [0.25, 0.3) is 0 Å². The van der Waals surface area contributed by atoms with E-state index in [2.05, 4.69) is 26.1 Å². The molecule has 1 aliphatic rings. The monoisotopic (exact) mass is 186 g/mol. The largest absolute Gasteiger partial charge is 0.388 e. The van der Waals surface area contributed by atoms with E-state index in [1.165, 1.54) is 0 Å². The molecule has 0 aromatic rings. The Bertz CT molecular complexity index is 168. The lowest BCUT2D eigenvalue weighted by atomic mass is 9.73. The molecule has 0 radical (unpaired) electrons. The molecule has 1 aliphatic heterocycles. The minimum atomic E-state index is -0.663. The second kappa shape index (κ2) is 3.56. The average molecular weight is 186 g/mol. The molecule has 1 unspecified atom stereocenters. The Balaban J connectivity index is 2.67. The van der Waals surface area contributed by atoms with Crippen molar-refractivity contribution in [2.75, 3.05) is 13.1 Å². The van der Waals surface area contributed by atoms with Gasteiger partial charge in [0, 0.05) is 6.04 Å². The molecular formula is C10H22N2O. The van der Waals surface area contributed by atoms with Crippen molar-refractivity contribution >= 4 is 0 Å². The van der Waals surface area contributed by atoms with E-state index in [4.69, 9.17) is 5.73 Å². The van der Waals surface area contributed by atoms with Gasteiger partial charge in [-0.05, 0) is 31.3 Å². The maximum atomic E-state index is 10.3. The summed E-state index contributed by atoms with van der Waals surface area (Å²) in [5.74, 6) is 0. The Labute approximate surface area is 80.7 Å². The third-order valence-corrected chi connectivity index (χ3v) is 2.98. The Morgan fingerprint density at radius 2 is 1.77 bits per heavy atom. The fourth-order valence-electron chi connectivity index (χ4n) is 1.98. The second-order valence-corrected chi connectivity index (χ2v) is 5.20. The van der Waals surface area contributed by atoms with Crippen LogP contribution in [0.1, 0.15) is 33.6 Å². The molecule has 1 fully saturated rings. The van der Waals surface area contributed by atoms with E-state index in [0.717, 1.165) is 25.9 Å². The predicted octanol–water partition coefficient (Wildman–Crippen LogP) is 0.474. The number of hydrogen-bond acceptors (Lipinski definition) is 3. The van der Waals surface area contributed by atoms with Crippen molar-refractivity contribution in [1.82, 2.24) is 5.32 Å². The Morgan fingerprint density at radius 3 is 2.15 bits per heavy atom. The van der Waals surface area contributed by atoms with Crippen LogP contribution in [0.4, 0.5) is 0 Å². The van der Waals surface area contributed by atoms with Crippen molar-refractivity contribution in [3.63, 3.8) is 0 Å². The molecule has 3 heteroatoms. The van der Waals surface area contributed by atoms with Gasteiger partial charge in [0.1, 0.15) is 0 Å². The fraction of sp³-hybridized carbons (Fsp3) is 1.00. The molecule has 1 atom stereocenters. The van der Waals surface area contributed by atoms with Crippen LogP contribution in [0.15, 0.2) is 0 Å². The van der Waals surface area contributed by atoms with Crippen LogP contribution in [-0.4, -0.2) is 29.8 Å². The minimum Gasteiger partial charge on any atom is -0.388 e. The first-order valence-corrected chi connectivity index (χ1v) is 5.05. The highest BCUT2D eigenvalue weighted by molar-refractivity contribution is 4.98. The number of rotatable bonds is 1. The van der Waals surface area contributed by atoms with E-state index >= 15 is 0 Å². The lowest BCUT2D eigenvalue weighted by Gasteiger charge is -2.43. The maximum Gasteiger partial charge on any atom is 0.0827 e. The van der Waals surface area contributed by atoms with E-state index in [-0.39, 0.29) is 11.5 Å². The predicted molar refractivity (Wildman–Crippen MR) is 54.5 cm³/mol. The highest BCUT2D eigenvalue weighted by Crippen LogP contribution is 2.31. The Kier molecular flexibility index (Phi) is 3.00. The SMILES string of the molecule is CC(C)(C)C(N)C1(O)CCNCC1. The zero-order valence-corrected chi connectivity index (χ0v) is 8.93. The summed E-state index contributed by atoms with van der Waals surface area (Å²) in [6.45, 7) is 7.99. The minimum absolute atomic E-state index is 0.0217. The molecule has 13 heavy (non-hydrogen) atoms. The molecule has 0 aromatic heterocycles. The van der Waals surface area contributed by atoms with Crippen molar-refractivity contribution in [2.45, 2.75) is 45.3 Å². The van der Waals surface area contributed by atoms with E-state index in [0.29, 0.717) is 0 Å². The summed E-state index contributed by atoms with van der Waals surface area (Å²) in [6.07, 6.45) is 1.54. The van der Waals surface area contributed by atoms with Crippen molar-refractivity contribution in [3.05, 3.63) is 0 Å². The summed E-state index contributed by atoms with van der Waals surface area (Å²) in [5.41, 5.74) is 5.40. The van der Waals surface area contributed by atoms with Crippen molar-refractivity contribution in [3.8, 4) is 0 Å². The molecule has 0 saturated carbocycles. The number of nitrogens with one attached hydrogen (secondary N) is 1. The van der Waals surface area contributed by atoms with E-state index in [1.807, 2.05) is 0 Å². The summed E-state index contributed by atoms with van der Waals surface area (Å²) in [6, 6.07) is -0.137. The van der Waals surface area contributed by atoms with Crippen LogP contribution in [0.3, 0.4) is 0 Å². The van der Waals surface area contributed by atoms with Crippen LogP contribution in [0, 0.1) is 5.41 Å². The molecular weight excluding hydrogens is 164 g/mol. The lowest BCUT2D eigenvalue weighted by Crippen LogP contribution is -2.59. The van der Waals surface area contributed by atoms with Crippen molar-refractivity contribution in [1.29, 1.82) is 0 Å². The molecule has 0 aliphatic carbocycles. The van der Waals surface area contributed by atoms with Gasteiger partial charge < -0.3 is 16.2 Å². The summed E-state index contributed by atoms with van der Waals surface area (Å²) in [7, 11) is 0. The molecule has 1 rings (SSSR count). The maximum absolute atomic E-state index is 10.3. The standard InChI is InChI=1S/C10H22N2O/c1-9(2,3)8(11)10(13)4-6-12-7-5-10/h8,12-13H,4-7,11H2,1-3H3. The van der Waals surface area contributed by atoms with Gasteiger partial charge in [-0.3, -0.25) is 0 Å². The van der Waals surface area contributed by atoms with E-state index in [1.54, 1.807) is 0 Å². The van der Waals surface area contributed by atoms with E-state index in [9.17, 15) is 5.11 Å². The molecule has 0 spiro atoms. The third kappa shape index (κ3) is 2.42. The van der Waals surface area contributed by atoms with Gasteiger partial charge in [0.15, 0.2) is 0 Å². The van der Waals surface area contributed by atoms with Gasteiger partial charge in [-0.25, -0.2) is 0 Å². The number of hydrogen-bond donors (Lipinski definition) is 3. The number of nitrogens with two attached hydrogens (primary N) is 1. The first-order valence-electron chi connectivity index (χ1n) is 5.05. The molecule has 1 heterocycles. The number of aliphatic hydroxyl groups is 1. The van der Waals surface area contributed by atoms with Gasteiger partial charge in [0.05, 0.1) is 5.60 Å². The molecule has 0 aromatic carbocycles. The van der Waals surface area contributed by atoms with Crippen molar-refractivity contribution < 1.29 is 5.11 Å². The lowest BCUT2D eigenvalue weighted by molar-refractivity contribution is -0.0436. The van der Waals surface area contributed by atoms with Gasteiger partial charge in [-0.15, -0.1) is 0 Å². The van der Waals surface area contributed by atoms with E-state index < -0.39 is 5.60 Å².